The first-order valence-corrected chi connectivity index (χ1v) is 22.3. The number of benzene rings is 6. The number of fused-ring (bicyclic) bond motifs is 9. The van der Waals surface area contributed by atoms with Gasteiger partial charge >= 0.3 is 0 Å². The minimum atomic E-state index is -0.185. The lowest BCUT2D eigenvalue weighted by Crippen LogP contribution is -2.15. The molecule has 0 radical (unpaired) electrons. The summed E-state index contributed by atoms with van der Waals surface area (Å²) in [6, 6.07) is 55.9. The normalized spacial score (nSPS) is 15.4. The van der Waals surface area contributed by atoms with Crippen molar-refractivity contribution in [1.29, 1.82) is 0 Å². The summed E-state index contributed by atoms with van der Waals surface area (Å²) < 4.78 is 2.76. The molecule has 0 saturated heterocycles. The van der Waals surface area contributed by atoms with Gasteiger partial charge in [-0.3, -0.25) is 0 Å². The third-order valence-corrected chi connectivity index (χ3v) is 14.9. The van der Waals surface area contributed by atoms with Gasteiger partial charge in [-0.05, 0) is 126 Å². The first kappa shape index (κ1) is 38.6. The average molecular weight is 803 g/mol. The van der Waals surface area contributed by atoms with Gasteiger partial charge in [0.15, 0.2) is 0 Å². The molecule has 0 bridgehead atoms. The SMILES string of the molecule is C=Cc1c(-c2ccccc2)ccccccc(-c2ccc3c(c2)C(C)(C)c2cc(/C(C)=C/C=C4\Cc5cc6ccc7c8ccccc8sc7c6cc5C4(C)C)ccc2-3)c1C=C. The van der Waals surface area contributed by atoms with Crippen molar-refractivity contribution in [3.63, 3.8) is 0 Å². The van der Waals surface area contributed by atoms with Gasteiger partial charge in [0.1, 0.15) is 0 Å². The van der Waals surface area contributed by atoms with E-state index < -0.39 is 0 Å². The van der Waals surface area contributed by atoms with E-state index in [4.69, 9.17) is 0 Å². The zero-order valence-electron chi connectivity index (χ0n) is 35.8. The van der Waals surface area contributed by atoms with Crippen molar-refractivity contribution in [2.75, 3.05) is 0 Å². The lowest BCUT2D eigenvalue weighted by molar-refractivity contribution is 0.645. The Balaban J connectivity index is 0.993. The lowest BCUT2D eigenvalue weighted by Gasteiger charge is -2.23. The highest BCUT2D eigenvalue weighted by Gasteiger charge is 2.37. The van der Waals surface area contributed by atoms with E-state index in [1.807, 2.05) is 23.5 Å². The molecule has 7 aromatic carbocycles. The summed E-state index contributed by atoms with van der Waals surface area (Å²) in [6.45, 7) is 20.5. The molecule has 0 saturated carbocycles. The van der Waals surface area contributed by atoms with Crippen LogP contribution in [0.25, 0.3) is 82.1 Å². The number of hydrogen-bond donors (Lipinski definition) is 0. The highest BCUT2D eigenvalue weighted by molar-refractivity contribution is 7.26. The largest absolute Gasteiger partial charge is 0.135 e. The van der Waals surface area contributed by atoms with Crippen LogP contribution in [0.15, 0.2) is 183 Å². The van der Waals surface area contributed by atoms with Crippen molar-refractivity contribution < 1.29 is 0 Å². The monoisotopic (exact) mass is 802 g/mol. The Morgan fingerprint density at radius 3 is 1.92 bits per heavy atom. The van der Waals surface area contributed by atoms with Crippen LogP contribution in [0, 0.1) is 0 Å². The second-order valence-electron chi connectivity index (χ2n) is 17.8. The van der Waals surface area contributed by atoms with Gasteiger partial charge in [0.05, 0.1) is 0 Å². The predicted octanol–water partition coefficient (Wildman–Crippen LogP) is 17.1. The Bertz CT molecular complexity index is 3250. The zero-order chi connectivity index (χ0) is 42.0. The van der Waals surface area contributed by atoms with Gasteiger partial charge in [0, 0.05) is 31.0 Å². The molecule has 296 valence electrons. The molecule has 0 atom stereocenters. The average Bonchev–Trinajstić information content (AvgIpc) is 3.86. The second-order valence-corrected chi connectivity index (χ2v) is 18.8. The molecule has 2 aliphatic carbocycles. The van der Waals surface area contributed by atoms with Gasteiger partial charge in [-0.25, -0.2) is 0 Å². The van der Waals surface area contributed by atoms with E-state index in [1.54, 1.807) is 0 Å². The third-order valence-electron chi connectivity index (χ3n) is 13.6. The minimum absolute atomic E-state index is 0.0539. The smallest absolute Gasteiger partial charge is 0.0433 e. The van der Waals surface area contributed by atoms with Crippen molar-refractivity contribution in [2.45, 2.75) is 51.9 Å². The van der Waals surface area contributed by atoms with Crippen LogP contribution in [0.2, 0.25) is 0 Å². The molecule has 1 aromatic heterocycles. The van der Waals surface area contributed by atoms with Crippen molar-refractivity contribution in [3.05, 3.63) is 221 Å². The van der Waals surface area contributed by atoms with Gasteiger partial charge < -0.3 is 0 Å². The van der Waals surface area contributed by atoms with E-state index in [-0.39, 0.29) is 10.8 Å². The van der Waals surface area contributed by atoms with Crippen LogP contribution in [0.5, 0.6) is 0 Å². The maximum absolute atomic E-state index is 4.33. The van der Waals surface area contributed by atoms with Gasteiger partial charge in [-0.1, -0.05) is 198 Å². The molecule has 0 nitrogen and oxygen atoms in total. The molecule has 0 aliphatic heterocycles. The first-order valence-electron chi connectivity index (χ1n) is 21.4. The van der Waals surface area contributed by atoms with Crippen LogP contribution >= 0.6 is 11.3 Å². The molecule has 1 heterocycles. The van der Waals surface area contributed by atoms with E-state index in [0.717, 1.165) is 34.2 Å². The first-order chi connectivity index (χ1) is 29.6. The Kier molecular flexibility index (Phi) is 9.42. The van der Waals surface area contributed by atoms with Gasteiger partial charge in [-0.15, -0.1) is 11.3 Å². The fourth-order valence-corrected chi connectivity index (χ4v) is 11.4. The fraction of sp³-hybridized carbons (Fsp3) is 0.133. The molecule has 10 rings (SSSR count). The van der Waals surface area contributed by atoms with E-state index in [1.165, 1.54) is 86.6 Å². The van der Waals surface area contributed by atoms with Gasteiger partial charge in [0.25, 0.3) is 0 Å². The third kappa shape index (κ3) is 6.34. The number of thiophene rings is 1. The molecule has 0 spiro atoms. The Hall–Kier alpha value is -6.54. The standard InChI is InChI=1S/C60H50S/c1-8-45-46(9-2)48(22-16-11-10-15-21-47(45)39-19-13-12-14-20-39)42-27-31-50-49-30-26-40(35-55(49)60(6,7)56(50)36-42)38(3)25-29-44-34-43-33-41-28-32-52-51-23-17-18-24-57(51)61-58(52)53(41)37-54(43)59(44,4)5/h8-33,35-37H,1-2,34H2,3-7H3/b11-10?,15-10?,16-11?,21-15?,22-16?,38-25+,44-29+,46-45?,47-21?,47-45?,48-22?,48-46?. The van der Waals surface area contributed by atoms with Crippen LogP contribution in [-0.4, -0.2) is 0 Å². The molecule has 0 unspecified atom stereocenters. The summed E-state index contributed by atoms with van der Waals surface area (Å²) >= 11 is 1.92. The summed E-state index contributed by atoms with van der Waals surface area (Å²) in [7, 11) is 0. The molecular weight excluding hydrogens is 753 g/mol. The number of allylic oxidation sites excluding steroid dienone is 4. The minimum Gasteiger partial charge on any atom is -0.135 e. The van der Waals surface area contributed by atoms with E-state index in [9.17, 15) is 0 Å². The van der Waals surface area contributed by atoms with Crippen molar-refractivity contribution in [3.8, 4) is 33.4 Å². The maximum Gasteiger partial charge on any atom is 0.0433 e. The second kappa shape index (κ2) is 14.9. The maximum atomic E-state index is 4.33. The predicted molar refractivity (Wildman–Crippen MR) is 268 cm³/mol. The van der Waals surface area contributed by atoms with E-state index in [0.29, 0.717) is 0 Å². The topological polar surface area (TPSA) is 0 Å². The highest BCUT2D eigenvalue weighted by Crippen LogP contribution is 2.51. The summed E-state index contributed by atoms with van der Waals surface area (Å²) in [5.74, 6) is 0. The highest BCUT2D eigenvalue weighted by atomic mass is 32.1. The molecule has 1 heteroatoms. The van der Waals surface area contributed by atoms with Crippen LogP contribution in [0.4, 0.5) is 0 Å². The van der Waals surface area contributed by atoms with Gasteiger partial charge in [-0.2, -0.15) is 0 Å². The van der Waals surface area contributed by atoms with Crippen LogP contribution in [0.1, 0.15) is 73.6 Å². The van der Waals surface area contributed by atoms with Gasteiger partial charge in [0.2, 0.25) is 0 Å². The Labute approximate surface area is 364 Å². The Morgan fingerprint density at radius 2 is 1.18 bits per heavy atom. The van der Waals surface area contributed by atoms with Crippen molar-refractivity contribution >= 4 is 60.0 Å². The molecule has 0 fully saturated rings. The number of hydrogen-bond acceptors (Lipinski definition) is 1. The van der Waals surface area contributed by atoms with E-state index >= 15 is 0 Å². The summed E-state index contributed by atoms with van der Waals surface area (Å²) in [4.78, 5) is 0. The number of rotatable bonds is 6. The Morgan fingerprint density at radius 1 is 0.541 bits per heavy atom. The summed E-state index contributed by atoms with van der Waals surface area (Å²) in [5, 5.41) is 5.44. The van der Waals surface area contributed by atoms with Crippen LogP contribution in [-0.2, 0) is 17.3 Å². The van der Waals surface area contributed by atoms with E-state index in [2.05, 4.69) is 212 Å². The zero-order valence-corrected chi connectivity index (χ0v) is 36.6. The quantitative estimate of drug-likeness (QED) is 0.157. The fourth-order valence-electron chi connectivity index (χ4n) is 10.1. The summed E-state index contributed by atoms with van der Waals surface area (Å²) in [6.07, 6.45) is 9.70. The molecular formula is C60H50S. The van der Waals surface area contributed by atoms with Crippen LogP contribution in [0.3, 0.4) is 0 Å². The molecule has 0 amide bonds. The van der Waals surface area contributed by atoms with Crippen molar-refractivity contribution in [1.82, 2.24) is 0 Å². The lowest BCUT2D eigenvalue weighted by atomic mass is 9.80. The molecule has 2 aliphatic rings. The molecule has 0 N–H and O–H groups in total. The van der Waals surface area contributed by atoms with Crippen molar-refractivity contribution in [2.24, 2.45) is 0 Å². The molecule has 8 aromatic rings. The van der Waals surface area contributed by atoms with Crippen LogP contribution < -0.4 is 0 Å². The molecule has 61 heavy (non-hydrogen) atoms. The summed E-state index contributed by atoms with van der Waals surface area (Å²) in [5.41, 5.74) is 18.7.